The van der Waals surface area contributed by atoms with Crippen LogP contribution in [0.15, 0.2) is 24.3 Å². The lowest BCUT2D eigenvalue weighted by atomic mass is 9.80. The zero-order valence-corrected chi connectivity index (χ0v) is 8.28. The predicted molar refractivity (Wildman–Crippen MR) is 56.0 cm³/mol. The number of benzene rings is 1. The first-order chi connectivity index (χ1) is 6.11. The Labute approximate surface area is 79.6 Å². The van der Waals surface area contributed by atoms with E-state index in [1.54, 1.807) is 12.1 Å². The molecule has 0 fully saturated rings. The Hall–Kier alpha value is -0.835. The lowest BCUT2D eigenvalue weighted by Gasteiger charge is -1.97. The molecule has 0 aliphatic rings. The molecule has 1 aromatic carbocycles. The van der Waals surface area contributed by atoms with Crippen molar-refractivity contribution in [2.24, 2.45) is 0 Å². The first-order valence-electron chi connectivity index (χ1n) is 4.13. The van der Waals surface area contributed by atoms with E-state index in [1.807, 2.05) is 33.2 Å². The summed E-state index contributed by atoms with van der Waals surface area (Å²) in [6.07, 6.45) is 0. The molecule has 0 unspecified atom stereocenters. The van der Waals surface area contributed by atoms with Crippen LogP contribution in [0.4, 0.5) is 0 Å². The van der Waals surface area contributed by atoms with Gasteiger partial charge in [-0.1, -0.05) is 29.8 Å². The van der Waals surface area contributed by atoms with Gasteiger partial charge in [-0.15, -0.1) is 0 Å². The van der Waals surface area contributed by atoms with E-state index in [0.717, 1.165) is 5.56 Å². The minimum absolute atomic E-state index is 0.533. The van der Waals surface area contributed by atoms with Gasteiger partial charge < -0.3 is 15.4 Å². The van der Waals surface area contributed by atoms with Crippen LogP contribution in [0.3, 0.4) is 0 Å². The molecule has 0 bridgehead atoms. The number of hydrogen-bond donors (Lipinski definition) is 3. The van der Waals surface area contributed by atoms with Gasteiger partial charge in [-0.2, -0.15) is 0 Å². The van der Waals surface area contributed by atoms with Crippen molar-refractivity contribution < 1.29 is 10.0 Å². The smallest absolute Gasteiger partial charge is 0.423 e. The Morgan fingerprint density at radius 2 is 1.46 bits per heavy atom. The molecular weight excluding hydrogens is 165 g/mol. The van der Waals surface area contributed by atoms with E-state index in [2.05, 4.69) is 5.32 Å². The van der Waals surface area contributed by atoms with Crippen molar-refractivity contribution in [2.75, 3.05) is 14.1 Å². The molecule has 0 aliphatic heterocycles. The highest BCUT2D eigenvalue weighted by atomic mass is 16.4. The molecule has 0 saturated carbocycles. The highest BCUT2D eigenvalue weighted by Gasteiger charge is 2.08. The van der Waals surface area contributed by atoms with Crippen LogP contribution in [-0.2, 0) is 0 Å². The molecule has 1 aromatic rings. The lowest BCUT2D eigenvalue weighted by Crippen LogP contribution is -2.29. The van der Waals surface area contributed by atoms with Gasteiger partial charge in [-0.25, -0.2) is 0 Å². The average Bonchev–Trinajstić information content (AvgIpc) is 2.06. The van der Waals surface area contributed by atoms with Crippen LogP contribution in [0, 0.1) is 6.92 Å². The largest absolute Gasteiger partial charge is 0.488 e. The summed E-state index contributed by atoms with van der Waals surface area (Å²) < 4.78 is 0. The van der Waals surface area contributed by atoms with Crippen LogP contribution >= 0.6 is 0 Å². The average molecular weight is 181 g/mol. The van der Waals surface area contributed by atoms with Gasteiger partial charge in [0, 0.05) is 0 Å². The summed E-state index contributed by atoms with van der Waals surface area (Å²) in [5.74, 6) is 0. The lowest BCUT2D eigenvalue weighted by molar-refractivity contribution is 0.426. The third kappa shape index (κ3) is 5.41. The van der Waals surface area contributed by atoms with Gasteiger partial charge in [0.1, 0.15) is 0 Å². The van der Waals surface area contributed by atoms with Gasteiger partial charge >= 0.3 is 7.12 Å². The van der Waals surface area contributed by atoms with Crippen LogP contribution < -0.4 is 10.8 Å². The normalized spacial score (nSPS) is 8.69. The van der Waals surface area contributed by atoms with Crippen molar-refractivity contribution in [2.45, 2.75) is 6.92 Å². The molecule has 0 atom stereocenters. The van der Waals surface area contributed by atoms with E-state index >= 15 is 0 Å². The molecule has 3 N–H and O–H groups in total. The molecule has 0 aromatic heterocycles. The summed E-state index contributed by atoms with van der Waals surface area (Å²) >= 11 is 0. The van der Waals surface area contributed by atoms with Crippen LogP contribution in [0.5, 0.6) is 0 Å². The van der Waals surface area contributed by atoms with Gasteiger partial charge in [0.25, 0.3) is 0 Å². The molecule has 0 heterocycles. The third-order valence-electron chi connectivity index (χ3n) is 1.38. The minimum atomic E-state index is -1.35. The molecule has 4 heteroatoms. The summed E-state index contributed by atoms with van der Waals surface area (Å²) in [6, 6.07) is 7.07. The number of hydrogen-bond acceptors (Lipinski definition) is 3. The second kappa shape index (κ2) is 6.66. The number of rotatable bonds is 1. The second-order valence-electron chi connectivity index (χ2n) is 2.78. The Morgan fingerprint density at radius 1 is 1.08 bits per heavy atom. The topological polar surface area (TPSA) is 52.5 Å². The van der Waals surface area contributed by atoms with Crippen molar-refractivity contribution >= 4 is 12.6 Å². The van der Waals surface area contributed by atoms with Crippen molar-refractivity contribution in [3.63, 3.8) is 0 Å². The zero-order chi connectivity index (χ0) is 10.3. The van der Waals surface area contributed by atoms with E-state index in [4.69, 9.17) is 10.0 Å². The monoisotopic (exact) mass is 181 g/mol. The molecule has 72 valence electrons. The maximum atomic E-state index is 8.67. The summed E-state index contributed by atoms with van der Waals surface area (Å²) in [5.41, 5.74) is 1.65. The summed E-state index contributed by atoms with van der Waals surface area (Å²) in [7, 11) is 2.40. The number of aryl methyl sites for hydroxylation is 1. The quantitative estimate of drug-likeness (QED) is 0.512. The van der Waals surface area contributed by atoms with Gasteiger partial charge in [0.15, 0.2) is 0 Å². The fourth-order valence-electron chi connectivity index (χ4n) is 0.739. The van der Waals surface area contributed by atoms with E-state index < -0.39 is 7.12 Å². The van der Waals surface area contributed by atoms with Crippen molar-refractivity contribution in [3.05, 3.63) is 29.8 Å². The Bertz CT molecular complexity index is 224. The van der Waals surface area contributed by atoms with Crippen LogP contribution in [-0.4, -0.2) is 31.3 Å². The van der Waals surface area contributed by atoms with Gasteiger partial charge in [-0.05, 0) is 26.5 Å². The SMILES string of the molecule is CNC.Cc1ccc(B(O)O)cc1. The second-order valence-corrected chi connectivity index (χ2v) is 2.78. The molecule has 0 radical (unpaired) electrons. The molecule has 13 heavy (non-hydrogen) atoms. The Balaban J connectivity index is 0.000000424. The van der Waals surface area contributed by atoms with Crippen molar-refractivity contribution in [3.8, 4) is 0 Å². The fraction of sp³-hybridized carbons (Fsp3) is 0.333. The van der Waals surface area contributed by atoms with Crippen LogP contribution in [0.25, 0.3) is 0 Å². The van der Waals surface area contributed by atoms with E-state index in [0.29, 0.717) is 5.46 Å². The predicted octanol–water partition coefficient (Wildman–Crippen LogP) is -0.490. The van der Waals surface area contributed by atoms with Gasteiger partial charge in [-0.3, -0.25) is 0 Å². The molecule has 0 aliphatic carbocycles. The molecule has 1 rings (SSSR count). The summed E-state index contributed by atoms with van der Waals surface area (Å²) in [6.45, 7) is 1.95. The van der Waals surface area contributed by atoms with Crippen LogP contribution in [0.2, 0.25) is 0 Å². The van der Waals surface area contributed by atoms with E-state index in [1.165, 1.54) is 0 Å². The Morgan fingerprint density at radius 3 is 1.77 bits per heavy atom. The fourth-order valence-corrected chi connectivity index (χ4v) is 0.739. The van der Waals surface area contributed by atoms with Crippen LogP contribution in [0.1, 0.15) is 5.56 Å². The minimum Gasteiger partial charge on any atom is -0.423 e. The zero-order valence-electron chi connectivity index (χ0n) is 8.28. The molecule has 0 saturated heterocycles. The highest BCUT2D eigenvalue weighted by Crippen LogP contribution is 1.92. The first kappa shape index (κ1) is 12.2. The summed E-state index contributed by atoms with van der Waals surface area (Å²) in [5, 5.41) is 20.1. The third-order valence-corrected chi connectivity index (χ3v) is 1.38. The van der Waals surface area contributed by atoms with Gasteiger partial charge in [0.05, 0.1) is 0 Å². The highest BCUT2D eigenvalue weighted by molar-refractivity contribution is 6.58. The van der Waals surface area contributed by atoms with Crippen molar-refractivity contribution in [1.29, 1.82) is 0 Å². The standard InChI is InChI=1S/C7H9BO2.C2H7N/c1-6-2-4-7(5-3-6)8(9)10;1-3-2/h2-5,9-10H,1H3;3H,1-2H3. The molecule has 0 spiro atoms. The van der Waals surface area contributed by atoms with E-state index in [-0.39, 0.29) is 0 Å². The van der Waals surface area contributed by atoms with Crippen molar-refractivity contribution in [1.82, 2.24) is 5.32 Å². The summed E-state index contributed by atoms with van der Waals surface area (Å²) in [4.78, 5) is 0. The Kier molecular flexibility index (Phi) is 6.23. The molecule has 0 amide bonds. The molecule has 3 nitrogen and oxygen atoms in total. The number of nitrogens with one attached hydrogen (secondary N) is 1. The first-order valence-corrected chi connectivity index (χ1v) is 4.13. The molecular formula is C9H16BNO2. The maximum Gasteiger partial charge on any atom is 0.488 e. The van der Waals surface area contributed by atoms with Gasteiger partial charge in [0.2, 0.25) is 0 Å². The van der Waals surface area contributed by atoms with E-state index in [9.17, 15) is 0 Å². The maximum absolute atomic E-state index is 8.67.